The maximum absolute atomic E-state index is 6.40. The molecule has 2 aromatic carbocycles. The number of halogens is 1. The fourth-order valence-corrected chi connectivity index (χ4v) is 3.17. The minimum Gasteiger partial charge on any atom is -0.490 e. The molecule has 3 rings (SSSR count). The van der Waals surface area contributed by atoms with Crippen LogP contribution in [0.3, 0.4) is 0 Å². The molecule has 0 saturated heterocycles. The number of hydrogen-bond acceptors (Lipinski definition) is 6. The van der Waals surface area contributed by atoms with Gasteiger partial charge in [-0.3, -0.25) is 5.43 Å². The Kier molecular flexibility index (Phi) is 6.68. The molecule has 0 bridgehead atoms. The highest BCUT2D eigenvalue weighted by atomic mass is 35.5. The van der Waals surface area contributed by atoms with Crippen LogP contribution < -0.4 is 14.9 Å². The first kappa shape index (κ1) is 19.2. The average Bonchev–Trinajstić information content (AvgIpc) is 3.09. The van der Waals surface area contributed by atoms with E-state index in [4.69, 9.17) is 21.1 Å². The van der Waals surface area contributed by atoms with Crippen molar-refractivity contribution in [3.63, 3.8) is 0 Å². The Morgan fingerprint density at radius 1 is 1.19 bits per heavy atom. The summed E-state index contributed by atoms with van der Waals surface area (Å²) in [6, 6.07) is 13.5. The van der Waals surface area contributed by atoms with Crippen molar-refractivity contribution in [1.29, 1.82) is 0 Å². The van der Waals surface area contributed by atoms with Crippen molar-refractivity contribution in [3.05, 3.63) is 69.7 Å². The SMILES string of the molecule is CCOc1cc(C=NNc2nc(C)cs2)c(Cl)cc1OCc1ccccc1. The van der Waals surface area contributed by atoms with Gasteiger partial charge in [0.2, 0.25) is 5.13 Å². The molecule has 140 valence electrons. The molecule has 0 fully saturated rings. The highest BCUT2D eigenvalue weighted by Gasteiger charge is 2.11. The number of hydrazone groups is 1. The molecule has 3 aromatic rings. The lowest BCUT2D eigenvalue weighted by atomic mass is 10.2. The number of nitrogens with zero attached hydrogens (tertiary/aromatic N) is 2. The van der Waals surface area contributed by atoms with Gasteiger partial charge >= 0.3 is 0 Å². The van der Waals surface area contributed by atoms with Gasteiger partial charge < -0.3 is 9.47 Å². The molecule has 0 aliphatic carbocycles. The number of anilines is 1. The molecule has 5 nitrogen and oxygen atoms in total. The topological polar surface area (TPSA) is 55.7 Å². The molecule has 1 aromatic heterocycles. The van der Waals surface area contributed by atoms with Crippen molar-refractivity contribution in [2.24, 2.45) is 5.10 Å². The van der Waals surface area contributed by atoms with Crippen molar-refractivity contribution in [3.8, 4) is 11.5 Å². The van der Waals surface area contributed by atoms with Gasteiger partial charge in [0, 0.05) is 17.0 Å². The van der Waals surface area contributed by atoms with Crippen LogP contribution in [0.2, 0.25) is 5.02 Å². The van der Waals surface area contributed by atoms with Crippen LogP contribution >= 0.6 is 22.9 Å². The number of rotatable bonds is 8. The Morgan fingerprint density at radius 3 is 2.67 bits per heavy atom. The summed E-state index contributed by atoms with van der Waals surface area (Å²) in [6.07, 6.45) is 1.64. The lowest BCUT2D eigenvalue weighted by Crippen LogP contribution is -2.01. The van der Waals surface area contributed by atoms with E-state index in [0.29, 0.717) is 29.7 Å². The Morgan fingerprint density at radius 2 is 1.96 bits per heavy atom. The number of aromatic nitrogens is 1. The summed E-state index contributed by atoms with van der Waals surface area (Å²) in [4.78, 5) is 4.29. The number of thiazole rings is 1. The van der Waals surface area contributed by atoms with E-state index < -0.39 is 0 Å². The second-order valence-electron chi connectivity index (χ2n) is 5.69. The van der Waals surface area contributed by atoms with Gasteiger partial charge in [0.15, 0.2) is 11.5 Å². The van der Waals surface area contributed by atoms with E-state index in [9.17, 15) is 0 Å². The Hall–Kier alpha value is -2.57. The molecule has 0 saturated carbocycles. The number of aryl methyl sites for hydroxylation is 1. The van der Waals surface area contributed by atoms with Crippen LogP contribution in [-0.4, -0.2) is 17.8 Å². The summed E-state index contributed by atoms with van der Waals surface area (Å²) in [5.41, 5.74) is 5.66. The zero-order chi connectivity index (χ0) is 19.1. The van der Waals surface area contributed by atoms with Crippen molar-refractivity contribution in [2.45, 2.75) is 20.5 Å². The molecule has 0 radical (unpaired) electrons. The predicted octanol–water partition coefficient (Wildman–Crippen LogP) is 5.53. The molecule has 27 heavy (non-hydrogen) atoms. The van der Waals surface area contributed by atoms with Crippen molar-refractivity contribution in [2.75, 3.05) is 12.0 Å². The summed E-state index contributed by atoms with van der Waals surface area (Å²) < 4.78 is 11.6. The van der Waals surface area contributed by atoms with E-state index in [0.717, 1.165) is 22.0 Å². The molecule has 0 spiro atoms. The van der Waals surface area contributed by atoms with Crippen molar-refractivity contribution >= 4 is 34.3 Å². The smallest absolute Gasteiger partial charge is 0.203 e. The normalized spacial score (nSPS) is 10.9. The standard InChI is InChI=1S/C20H20ClN3O2S/c1-3-25-18-9-16(11-22-24-20-23-14(2)13-27-20)17(21)10-19(18)26-12-15-7-5-4-6-8-15/h4-11,13H,3,12H2,1-2H3,(H,23,24). The molecule has 1 heterocycles. The molecule has 7 heteroatoms. The van der Waals surface area contributed by atoms with Gasteiger partial charge in [-0.25, -0.2) is 4.98 Å². The molecule has 0 amide bonds. The molecule has 0 aliphatic rings. The predicted molar refractivity (Wildman–Crippen MR) is 111 cm³/mol. The number of benzene rings is 2. The molecule has 0 unspecified atom stereocenters. The maximum atomic E-state index is 6.40. The fraction of sp³-hybridized carbons (Fsp3) is 0.200. The Bertz CT molecular complexity index is 913. The van der Waals surface area contributed by atoms with Crippen LogP contribution in [0.25, 0.3) is 0 Å². The largest absolute Gasteiger partial charge is 0.490 e. The van der Waals surface area contributed by atoms with Crippen LogP contribution in [0, 0.1) is 6.92 Å². The second-order valence-corrected chi connectivity index (χ2v) is 6.96. The first-order valence-corrected chi connectivity index (χ1v) is 9.75. The third-order valence-corrected chi connectivity index (χ3v) is 4.78. The Labute approximate surface area is 167 Å². The van der Waals surface area contributed by atoms with Crippen LogP contribution in [0.4, 0.5) is 5.13 Å². The van der Waals surface area contributed by atoms with Gasteiger partial charge in [0.1, 0.15) is 6.61 Å². The van der Waals surface area contributed by atoms with E-state index in [1.165, 1.54) is 11.3 Å². The summed E-state index contributed by atoms with van der Waals surface area (Å²) in [6.45, 7) is 4.83. The number of hydrogen-bond donors (Lipinski definition) is 1. The number of ether oxygens (including phenoxy) is 2. The van der Waals surface area contributed by atoms with E-state index in [-0.39, 0.29) is 0 Å². The van der Waals surface area contributed by atoms with Gasteiger partial charge in [-0.05, 0) is 25.5 Å². The van der Waals surface area contributed by atoms with Crippen LogP contribution in [0.5, 0.6) is 11.5 Å². The maximum Gasteiger partial charge on any atom is 0.203 e. The molecular formula is C20H20ClN3O2S. The van der Waals surface area contributed by atoms with Gasteiger partial charge in [-0.2, -0.15) is 5.10 Å². The van der Waals surface area contributed by atoms with E-state index in [1.807, 2.05) is 55.6 Å². The lowest BCUT2D eigenvalue weighted by molar-refractivity contribution is 0.269. The van der Waals surface area contributed by atoms with E-state index in [1.54, 1.807) is 12.3 Å². The van der Waals surface area contributed by atoms with Crippen LogP contribution in [-0.2, 0) is 6.61 Å². The number of nitrogens with one attached hydrogen (secondary N) is 1. The van der Waals surface area contributed by atoms with Crippen molar-refractivity contribution in [1.82, 2.24) is 4.98 Å². The highest BCUT2D eigenvalue weighted by Crippen LogP contribution is 2.33. The minimum atomic E-state index is 0.440. The molecule has 0 atom stereocenters. The molecular weight excluding hydrogens is 382 g/mol. The van der Waals surface area contributed by atoms with Gasteiger partial charge in [0.05, 0.1) is 23.5 Å². The second kappa shape index (κ2) is 9.39. The molecule has 1 N–H and O–H groups in total. The third-order valence-electron chi connectivity index (χ3n) is 3.58. The minimum absolute atomic E-state index is 0.440. The molecule has 0 aliphatic heterocycles. The lowest BCUT2D eigenvalue weighted by Gasteiger charge is -2.13. The first-order valence-electron chi connectivity index (χ1n) is 8.50. The summed E-state index contributed by atoms with van der Waals surface area (Å²) in [7, 11) is 0. The van der Waals surface area contributed by atoms with Gasteiger partial charge in [-0.15, -0.1) is 11.3 Å². The summed E-state index contributed by atoms with van der Waals surface area (Å²) in [5.74, 6) is 1.23. The summed E-state index contributed by atoms with van der Waals surface area (Å²) >= 11 is 7.90. The Balaban J connectivity index is 1.74. The van der Waals surface area contributed by atoms with Crippen molar-refractivity contribution < 1.29 is 9.47 Å². The third kappa shape index (κ3) is 5.45. The quantitative estimate of drug-likeness (QED) is 0.398. The van der Waals surface area contributed by atoms with E-state index >= 15 is 0 Å². The highest BCUT2D eigenvalue weighted by molar-refractivity contribution is 7.13. The zero-order valence-electron chi connectivity index (χ0n) is 15.1. The summed E-state index contributed by atoms with van der Waals surface area (Å²) in [5, 5.41) is 7.42. The first-order chi connectivity index (χ1) is 13.2. The van der Waals surface area contributed by atoms with Crippen LogP contribution in [0.1, 0.15) is 23.7 Å². The van der Waals surface area contributed by atoms with Gasteiger partial charge in [0.25, 0.3) is 0 Å². The van der Waals surface area contributed by atoms with Crippen LogP contribution in [0.15, 0.2) is 52.9 Å². The average molecular weight is 402 g/mol. The monoisotopic (exact) mass is 401 g/mol. The van der Waals surface area contributed by atoms with Gasteiger partial charge in [-0.1, -0.05) is 41.9 Å². The fourth-order valence-electron chi connectivity index (χ4n) is 2.33. The van der Waals surface area contributed by atoms with E-state index in [2.05, 4.69) is 15.5 Å². The zero-order valence-corrected chi connectivity index (χ0v) is 16.7.